The van der Waals surface area contributed by atoms with E-state index in [0.717, 1.165) is 12.5 Å². The van der Waals surface area contributed by atoms with Gasteiger partial charge in [-0.25, -0.2) is 0 Å². The molecule has 2 nitrogen and oxygen atoms in total. The average molecular weight is 237 g/mol. The molecule has 0 aromatic carbocycles. The van der Waals surface area contributed by atoms with Gasteiger partial charge in [0.1, 0.15) is 0 Å². The van der Waals surface area contributed by atoms with Crippen molar-refractivity contribution >= 4 is 5.91 Å². The SMILES string of the molecule is CC(C)C(=O)N1CCCCC1CCC1CCC1. The van der Waals surface area contributed by atoms with Crippen molar-refractivity contribution < 1.29 is 4.79 Å². The fourth-order valence-electron chi connectivity index (χ4n) is 3.13. The zero-order chi connectivity index (χ0) is 12.3. The molecule has 2 rings (SSSR count). The summed E-state index contributed by atoms with van der Waals surface area (Å²) in [6.45, 7) is 5.06. The highest BCUT2D eigenvalue weighted by molar-refractivity contribution is 5.78. The zero-order valence-corrected chi connectivity index (χ0v) is 11.5. The van der Waals surface area contributed by atoms with Crippen LogP contribution in [0.3, 0.4) is 0 Å². The third-order valence-corrected chi connectivity index (χ3v) is 4.54. The van der Waals surface area contributed by atoms with Crippen molar-refractivity contribution in [2.75, 3.05) is 6.54 Å². The first-order chi connectivity index (χ1) is 8.18. The largest absolute Gasteiger partial charge is 0.339 e. The van der Waals surface area contributed by atoms with Crippen LogP contribution >= 0.6 is 0 Å². The van der Waals surface area contributed by atoms with Crippen LogP contribution in [0.5, 0.6) is 0 Å². The van der Waals surface area contributed by atoms with Crippen LogP contribution in [-0.2, 0) is 4.79 Å². The van der Waals surface area contributed by atoms with Crippen molar-refractivity contribution in [3.05, 3.63) is 0 Å². The summed E-state index contributed by atoms with van der Waals surface area (Å²) < 4.78 is 0. The van der Waals surface area contributed by atoms with Crippen molar-refractivity contribution in [3.8, 4) is 0 Å². The number of hydrogen-bond acceptors (Lipinski definition) is 1. The van der Waals surface area contributed by atoms with Crippen molar-refractivity contribution in [3.63, 3.8) is 0 Å². The van der Waals surface area contributed by atoms with Crippen LogP contribution in [0, 0.1) is 11.8 Å². The van der Waals surface area contributed by atoms with E-state index in [0.29, 0.717) is 11.9 Å². The van der Waals surface area contributed by atoms with Gasteiger partial charge in [-0.05, 0) is 38.0 Å². The van der Waals surface area contributed by atoms with E-state index in [1.54, 1.807) is 0 Å². The Morgan fingerprint density at radius 2 is 1.88 bits per heavy atom. The molecule has 0 aromatic heterocycles. The van der Waals surface area contributed by atoms with Gasteiger partial charge in [-0.3, -0.25) is 4.79 Å². The Balaban J connectivity index is 1.84. The van der Waals surface area contributed by atoms with Gasteiger partial charge >= 0.3 is 0 Å². The first-order valence-electron chi connectivity index (χ1n) is 7.49. The third-order valence-electron chi connectivity index (χ3n) is 4.54. The Morgan fingerprint density at radius 3 is 2.47 bits per heavy atom. The van der Waals surface area contributed by atoms with E-state index in [2.05, 4.69) is 4.90 Å². The molecule has 0 aromatic rings. The number of rotatable bonds is 4. The minimum atomic E-state index is 0.166. The molecular weight excluding hydrogens is 210 g/mol. The molecule has 0 spiro atoms. The normalized spacial score (nSPS) is 26.1. The molecule has 0 bridgehead atoms. The van der Waals surface area contributed by atoms with Crippen LogP contribution in [0.1, 0.15) is 65.2 Å². The maximum atomic E-state index is 12.2. The summed E-state index contributed by atoms with van der Waals surface area (Å²) in [6.07, 6.45) is 10.7. The van der Waals surface area contributed by atoms with Crippen molar-refractivity contribution in [1.82, 2.24) is 4.90 Å². The number of amides is 1. The summed E-state index contributed by atoms with van der Waals surface area (Å²) in [5, 5.41) is 0. The molecule has 1 saturated heterocycles. The zero-order valence-electron chi connectivity index (χ0n) is 11.5. The summed E-state index contributed by atoms with van der Waals surface area (Å²) in [6, 6.07) is 0.555. The highest BCUT2D eigenvalue weighted by atomic mass is 16.2. The van der Waals surface area contributed by atoms with E-state index >= 15 is 0 Å². The molecular formula is C15H27NO. The van der Waals surface area contributed by atoms with Crippen molar-refractivity contribution in [2.24, 2.45) is 11.8 Å². The lowest BCUT2D eigenvalue weighted by atomic mass is 9.80. The molecule has 1 heterocycles. The number of likely N-dealkylation sites (tertiary alicyclic amines) is 1. The molecule has 0 N–H and O–H groups in total. The molecule has 2 heteroatoms. The number of piperidine rings is 1. The summed E-state index contributed by atoms with van der Waals surface area (Å²) in [5.41, 5.74) is 0. The third kappa shape index (κ3) is 3.23. The topological polar surface area (TPSA) is 20.3 Å². The number of hydrogen-bond donors (Lipinski definition) is 0. The summed E-state index contributed by atoms with van der Waals surface area (Å²) >= 11 is 0. The van der Waals surface area contributed by atoms with Crippen LogP contribution in [-0.4, -0.2) is 23.4 Å². The second-order valence-electron chi connectivity index (χ2n) is 6.21. The van der Waals surface area contributed by atoms with Gasteiger partial charge in [0, 0.05) is 18.5 Å². The molecule has 2 fully saturated rings. The number of carbonyl (C=O) groups is 1. The van der Waals surface area contributed by atoms with Gasteiger partial charge in [0.2, 0.25) is 5.91 Å². The Morgan fingerprint density at radius 1 is 1.12 bits per heavy atom. The second kappa shape index (κ2) is 5.88. The van der Waals surface area contributed by atoms with Gasteiger partial charge in [0.05, 0.1) is 0 Å². The van der Waals surface area contributed by atoms with Crippen LogP contribution in [0.25, 0.3) is 0 Å². The quantitative estimate of drug-likeness (QED) is 0.731. The Kier molecular flexibility index (Phi) is 4.47. The monoisotopic (exact) mass is 237 g/mol. The standard InChI is InChI=1S/C15H27NO/c1-12(2)15(17)16-11-4-3-8-14(16)10-9-13-6-5-7-13/h12-14H,3-11H2,1-2H3. The lowest BCUT2D eigenvalue weighted by molar-refractivity contribution is -0.138. The number of carbonyl (C=O) groups excluding carboxylic acids is 1. The van der Waals surface area contributed by atoms with Crippen LogP contribution < -0.4 is 0 Å². The maximum absolute atomic E-state index is 12.2. The Labute approximate surface area is 106 Å². The summed E-state index contributed by atoms with van der Waals surface area (Å²) in [7, 11) is 0. The molecule has 1 amide bonds. The maximum Gasteiger partial charge on any atom is 0.225 e. The predicted molar refractivity (Wildman–Crippen MR) is 70.8 cm³/mol. The summed E-state index contributed by atoms with van der Waals surface area (Å²) in [5.74, 6) is 1.52. The molecule has 1 unspecified atom stereocenters. The molecule has 1 aliphatic heterocycles. The second-order valence-corrected chi connectivity index (χ2v) is 6.21. The van der Waals surface area contributed by atoms with Crippen LogP contribution in [0.15, 0.2) is 0 Å². The lowest BCUT2D eigenvalue weighted by Gasteiger charge is -2.38. The van der Waals surface area contributed by atoms with Crippen molar-refractivity contribution in [2.45, 2.75) is 71.3 Å². The molecule has 2 aliphatic rings. The molecule has 1 atom stereocenters. The van der Waals surface area contributed by atoms with Gasteiger partial charge in [0.25, 0.3) is 0 Å². The van der Waals surface area contributed by atoms with Crippen LogP contribution in [0.2, 0.25) is 0 Å². The van der Waals surface area contributed by atoms with E-state index in [9.17, 15) is 4.79 Å². The van der Waals surface area contributed by atoms with E-state index < -0.39 is 0 Å². The van der Waals surface area contributed by atoms with E-state index in [1.165, 1.54) is 51.4 Å². The lowest BCUT2D eigenvalue weighted by Crippen LogP contribution is -2.45. The molecule has 1 aliphatic carbocycles. The van der Waals surface area contributed by atoms with E-state index in [1.807, 2.05) is 13.8 Å². The fraction of sp³-hybridized carbons (Fsp3) is 0.933. The van der Waals surface area contributed by atoms with Gasteiger partial charge in [0.15, 0.2) is 0 Å². The first kappa shape index (κ1) is 12.9. The smallest absolute Gasteiger partial charge is 0.225 e. The Hall–Kier alpha value is -0.530. The van der Waals surface area contributed by atoms with Gasteiger partial charge in [-0.1, -0.05) is 33.1 Å². The average Bonchev–Trinajstić information content (AvgIpc) is 2.26. The number of nitrogens with zero attached hydrogens (tertiary/aromatic N) is 1. The predicted octanol–water partition coefficient (Wildman–Crippen LogP) is 3.60. The highest BCUT2D eigenvalue weighted by Crippen LogP contribution is 2.33. The first-order valence-corrected chi connectivity index (χ1v) is 7.49. The fourth-order valence-corrected chi connectivity index (χ4v) is 3.13. The molecule has 1 saturated carbocycles. The minimum Gasteiger partial charge on any atom is -0.339 e. The molecule has 98 valence electrons. The van der Waals surface area contributed by atoms with E-state index in [4.69, 9.17) is 0 Å². The Bertz CT molecular complexity index is 258. The minimum absolute atomic E-state index is 0.166. The molecule has 17 heavy (non-hydrogen) atoms. The highest BCUT2D eigenvalue weighted by Gasteiger charge is 2.29. The van der Waals surface area contributed by atoms with Crippen LogP contribution in [0.4, 0.5) is 0 Å². The van der Waals surface area contributed by atoms with Gasteiger partial charge in [-0.15, -0.1) is 0 Å². The summed E-state index contributed by atoms with van der Waals surface area (Å²) in [4.78, 5) is 14.3. The van der Waals surface area contributed by atoms with Crippen molar-refractivity contribution in [1.29, 1.82) is 0 Å². The van der Waals surface area contributed by atoms with Gasteiger partial charge < -0.3 is 4.90 Å². The van der Waals surface area contributed by atoms with Gasteiger partial charge in [-0.2, -0.15) is 0 Å². The molecule has 0 radical (unpaired) electrons. The van der Waals surface area contributed by atoms with E-state index in [-0.39, 0.29) is 5.92 Å².